The van der Waals surface area contributed by atoms with Crippen molar-refractivity contribution in [2.24, 2.45) is 0 Å². The summed E-state index contributed by atoms with van der Waals surface area (Å²) in [5.74, 6) is 2.37. The molecular formula is C53H44N4O. The number of aryl methyl sites for hydroxylation is 1. The number of aromatic nitrogens is 1. The molecule has 5 nitrogen and oxygen atoms in total. The Kier molecular flexibility index (Phi) is 8.60. The molecule has 0 bridgehead atoms. The first-order chi connectivity index (χ1) is 28.3. The van der Waals surface area contributed by atoms with Crippen LogP contribution >= 0.6 is 0 Å². The molecule has 282 valence electrons. The highest BCUT2D eigenvalue weighted by atomic mass is 16.5. The van der Waals surface area contributed by atoms with Gasteiger partial charge in [-0.3, -0.25) is 4.90 Å². The Bertz CT molecular complexity index is 2810. The second-order valence-corrected chi connectivity index (χ2v) is 16.2. The summed E-state index contributed by atoms with van der Waals surface area (Å²) in [6, 6.07) is 62.5. The van der Waals surface area contributed by atoms with Gasteiger partial charge in [-0.2, -0.15) is 0 Å². The normalized spacial score (nSPS) is 13.0. The van der Waals surface area contributed by atoms with Gasteiger partial charge >= 0.3 is 0 Å². The summed E-state index contributed by atoms with van der Waals surface area (Å²) in [7, 11) is 0. The molecule has 0 atom stereocenters. The molecule has 8 aromatic rings. The molecule has 0 saturated carbocycles. The van der Waals surface area contributed by atoms with Gasteiger partial charge in [0.05, 0.1) is 22.7 Å². The van der Waals surface area contributed by atoms with Crippen molar-refractivity contribution in [2.45, 2.75) is 33.1 Å². The number of rotatable bonds is 6. The number of ether oxygens (including phenoxy) is 1. The first-order valence-electron chi connectivity index (χ1n) is 20.0. The fourth-order valence-electron chi connectivity index (χ4n) is 8.45. The van der Waals surface area contributed by atoms with Gasteiger partial charge in [-0.15, -0.1) is 0 Å². The maximum Gasteiger partial charge on any atom is 0.137 e. The smallest absolute Gasteiger partial charge is 0.137 e. The predicted molar refractivity (Wildman–Crippen MR) is 241 cm³/mol. The lowest BCUT2D eigenvalue weighted by molar-refractivity contribution is 0.483. The second-order valence-electron chi connectivity index (χ2n) is 16.2. The van der Waals surface area contributed by atoms with Crippen LogP contribution in [0.2, 0.25) is 0 Å². The summed E-state index contributed by atoms with van der Waals surface area (Å²) in [4.78, 5) is 12.2. The Morgan fingerprint density at radius 2 is 1.09 bits per heavy atom. The van der Waals surface area contributed by atoms with Crippen LogP contribution in [0, 0.1) is 6.92 Å². The van der Waals surface area contributed by atoms with Crippen molar-refractivity contribution in [3.63, 3.8) is 0 Å². The third kappa shape index (κ3) is 6.25. The van der Waals surface area contributed by atoms with E-state index in [0.29, 0.717) is 6.67 Å². The topological polar surface area (TPSA) is 31.8 Å². The van der Waals surface area contributed by atoms with Gasteiger partial charge in [0.25, 0.3) is 0 Å². The monoisotopic (exact) mass is 752 g/mol. The lowest BCUT2D eigenvalue weighted by Crippen LogP contribution is -2.24. The van der Waals surface area contributed by atoms with Crippen molar-refractivity contribution < 1.29 is 4.74 Å². The molecule has 0 spiro atoms. The molecule has 3 heterocycles. The average Bonchev–Trinajstić information content (AvgIpc) is 3.59. The van der Waals surface area contributed by atoms with E-state index in [0.717, 1.165) is 62.2 Å². The summed E-state index contributed by atoms with van der Waals surface area (Å²) >= 11 is 0. The standard InChI is InChI=1S/C53H44N4O/c1-36-31-52(54-34-47(36)37-15-6-5-7-16-37)57-48-22-11-10-21-45(48)43-19-8-9-20-44(43)46-30-29-42(33-51(46)57)58-41-18-14-17-40(32-41)56-35-55(49-23-12-13-24-50(49)56)39-27-25-38(26-28-39)53(2,3)4/h5-34H,35H2,1-4H3. The molecule has 5 heteroatoms. The summed E-state index contributed by atoms with van der Waals surface area (Å²) in [5.41, 5.74) is 16.1. The first-order valence-corrected chi connectivity index (χ1v) is 20.0. The molecule has 0 amide bonds. The summed E-state index contributed by atoms with van der Waals surface area (Å²) in [6.07, 6.45) is 2.00. The molecule has 2 aliphatic rings. The van der Waals surface area contributed by atoms with E-state index < -0.39 is 0 Å². The minimum absolute atomic E-state index is 0.0997. The fraction of sp³-hybridized carbons (Fsp3) is 0.113. The lowest BCUT2D eigenvalue weighted by Gasteiger charge is -2.27. The van der Waals surface area contributed by atoms with Crippen LogP contribution in [-0.2, 0) is 5.41 Å². The van der Waals surface area contributed by atoms with Gasteiger partial charge in [0, 0.05) is 46.4 Å². The molecule has 0 N–H and O–H groups in total. The number of fused-ring (bicyclic) bond motifs is 6. The molecule has 0 radical (unpaired) electrons. The van der Waals surface area contributed by atoms with E-state index in [1.165, 1.54) is 33.8 Å². The minimum Gasteiger partial charge on any atom is -0.457 e. The molecule has 0 fully saturated rings. The van der Waals surface area contributed by atoms with Crippen LogP contribution in [0.15, 0.2) is 182 Å². The Morgan fingerprint density at radius 3 is 1.78 bits per heavy atom. The van der Waals surface area contributed by atoms with Crippen molar-refractivity contribution in [1.82, 2.24) is 4.98 Å². The van der Waals surface area contributed by atoms with Crippen LogP contribution in [0.1, 0.15) is 31.9 Å². The Morgan fingerprint density at radius 1 is 0.483 bits per heavy atom. The van der Waals surface area contributed by atoms with Crippen LogP contribution < -0.4 is 19.4 Å². The van der Waals surface area contributed by atoms with Gasteiger partial charge in [-0.1, -0.05) is 124 Å². The Balaban J connectivity index is 1.02. The maximum absolute atomic E-state index is 6.80. The molecule has 0 aliphatic carbocycles. The highest BCUT2D eigenvalue weighted by Crippen LogP contribution is 2.52. The van der Waals surface area contributed by atoms with Gasteiger partial charge in [0.2, 0.25) is 0 Å². The van der Waals surface area contributed by atoms with Gasteiger partial charge in [0.1, 0.15) is 24.0 Å². The predicted octanol–water partition coefficient (Wildman–Crippen LogP) is 14.5. The second kappa shape index (κ2) is 14.1. The summed E-state index contributed by atoms with van der Waals surface area (Å²) < 4.78 is 6.80. The average molecular weight is 753 g/mol. The number of pyridine rings is 1. The van der Waals surface area contributed by atoms with Crippen molar-refractivity contribution in [2.75, 3.05) is 21.4 Å². The van der Waals surface area contributed by atoms with Gasteiger partial charge < -0.3 is 14.5 Å². The molecule has 2 aliphatic heterocycles. The zero-order valence-electron chi connectivity index (χ0n) is 33.2. The van der Waals surface area contributed by atoms with E-state index in [1.54, 1.807) is 0 Å². The minimum atomic E-state index is 0.0997. The number of para-hydroxylation sites is 3. The van der Waals surface area contributed by atoms with Crippen LogP contribution in [0.3, 0.4) is 0 Å². The van der Waals surface area contributed by atoms with Crippen molar-refractivity contribution in [3.8, 4) is 44.9 Å². The molecule has 0 saturated heterocycles. The number of nitrogens with zero attached hydrogens (tertiary/aromatic N) is 4. The molecule has 7 aromatic carbocycles. The number of benzene rings is 7. The van der Waals surface area contributed by atoms with Crippen LogP contribution in [0.25, 0.3) is 33.4 Å². The van der Waals surface area contributed by atoms with E-state index in [1.807, 2.05) is 18.3 Å². The zero-order valence-corrected chi connectivity index (χ0v) is 33.2. The molecule has 1 aromatic heterocycles. The quantitative estimate of drug-likeness (QED) is 0.169. The molecular weight excluding hydrogens is 709 g/mol. The highest BCUT2D eigenvalue weighted by molar-refractivity contribution is 6.02. The van der Waals surface area contributed by atoms with Crippen molar-refractivity contribution in [3.05, 3.63) is 193 Å². The highest BCUT2D eigenvalue weighted by Gasteiger charge is 2.30. The number of anilines is 7. The Labute approximate surface area is 341 Å². The van der Waals surface area contributed by atoms with E-state index in [9.17, 15) is 0 Å². The van der Waals surface area contributed by atoms with Crippen molar-refractivity contribution >= 4 is 39.9 Å². The SMILES string of the molecule is Cc1cc(N2c3ccccc3-c3ccccc3-c3ccc(Oc4cccc(N5CN(c6ccc(C(C)(C)C)cc6)c6ccccc65)c4)cc32)ncc1-c1ccccc1. The fourth-order valence-corrected chi connectivity index (χ4v) is 8.45. The zero-order chi connectivity index (χ0) is 39.4. The van der Waals surface area contributed by atoms with Crippen LogP contribution in [0.5, 0.6) is 11.5 Å². The summed E-state index contributed by atoms with van der Waals surface area (Å²) in [5, 5.41) is 0. The Hall–Kier alpha value is -7.11. The number of hydrogen-bond donors (Lipinski definition) is 0. The first kappa shape index (κ1) is 35.3. The lowest BCUT2D eigenvalue weighted by atomic mass is 9.87. The van der Waals surface area contributed by atoms with E-state index in [2.05, 4.69) is 206 Å². The van der Waals surface area contributed by atoms with Crippen LogP contribution in [-0.4, -0.2) is 11.7 Å². The van der Waals surface area contributed by atoms with Gasteiger partial charge in [-0.05, 0) is 101 Å². The van der Waals surface area contributed by atoms with E-state index in [-0.39, 0.29) is 5.41 Å². The molecule has 58 heavy (non-hydrogen) atoms. The summed E-state index contributed by atoms with van der Waals surface area (Å²) in [6.45, 7) is 9.63. The third-order valence-corrected chi connectivity index (χ3v) is 11.4. The maximum atomic E-state index is 6.80. The van der Waals surface area contributed by atoms with E-state index >= 15 is 0 Å². The molecule has 0 unspecified atom stereocenters. The van der Waals surface area contributed by atoms with Gasteiger partial charge in [0.15, 0.2) is 0 Å². The van der Waals surface area contributed by atoms with Crippen LogP contribution in [0.4, 0.5) is 39.9 Å². The largest absolute Gasteiger partial charge is 0.457 e. The van der Waals surface area contributed by atoms with Crippen molar-refractivity contribution in [1.29, 1.82) is 0 Å². The van der Waals surface area contributed by atoms with E-state index in [4.69, 9.17) is 9.72 Å². The molecule has 10 rings (SSSR count). The van der Waals surface area contributed by atoms with Gasteiger partial charge in [-0.25, -0.2) is 4.98 Å². The third-order valence-electron chi connectivity index (χ3n) is 11.4. The number of hydrogen-bond acceptors (Lipinski definition) is 5.